The molecule has 0 saturated carbocycles. The number of nitrogens with zero attached hydrogens (tertiary/aromatic N) is 2. The van der Waals surface area contributed by atoms with Gasteiger partial charge in [0.15, 0.2) is 0 Å². The van der Waals surface area contributed by atoms with Crippen LogP contribution < -0.4 is 10.2 Å². The number of carbonyl (C=O) groups excluding carboxylic acids is 2. The Balaban J connectivity index is 1.59. The van der Waals surface area contributed by atoms with Crippen molar-refractivity contribution in [1.82, 2.24) is 10.3 Å². The van der Waals surface area contributed by atoms with Crippen LogP contribution in [0.4, 0.5) is 5.69 Å². The van der Waals surface area contributed by atoms with Gasteiger partial charge in [-0.15, -0.1) is 0 Å². The standard InChI is InChI=1S/C18H19N3O2/c1-21-16-6-4-13(11-14(16)5-7-17(21)22)8-10-20-18(23)15-3-2-9-19-12-15/h2-4,6,9,11-12H,5,7-8,10H2,1H3,(H,20,23). The molecule has 3 rings (SSSR count). The SMILES string of the molecule is CN1C(=O)CCc2cc(CCNC(=O)c3cccnc3)ccc21. The lowest BCUT2D eigenvalue weighted by Gasteiger charge is -2.26. The van der Waals surface area contributed by atoms with E-state index in [4.69, 9.17) is 0 Å². The van der Waals surface area contributed by atoms with E-state index in [0.29, 0.717) is 18.5 Å². The predicted molar refractivity (Wildman–Crippen MR) is 88.4 cm³/mol. The summed E-state index contributed by atoms with van der Waals surface area (Å²) in [5.41, 5.74) is 3.92. The minimum Gasteiger partial charge on any atom is -0.352 e. The Morgan fingerprint density at radius 1 is 1.30 bits per heavy atom. The third-order valence-electron chi connectivity index (χ3n) is 4.11. The van der Waals surface area contributed by atoms with Crippen molar-refractivity contribution in [1.29, 1.82) is 0 Å². The Morgan fingerprint density at radius 3 is 2.96 bits per heavy atom. The third kappa shape index (κ3) is 3.39. The number of hydrogen-bond acceptors (Lipinski definition) is 3. The second-order valence-corrected chi connectivity index (χ2v) is 5.66. The van der Waals surface area contributed by atoms with Crippen molar-refractivity contribution in [2.75, 3.05) is 18.5 Å². The van der Waals surface area contributed by atoms with Gasteiger partial charge in [-0.05, 0) is 42.2 Å². The first-order valence-electron chi connectivity index (χ1n) is 7.72. The fraction of sp³-hybridized carbons (Fsp3) is 0.278. The zero-order valence-electron chi connectivity index (χ0n) is 13.1. The smallest absolute Gasteiger partial charge is 0.252 e. The number of nitrogens with one attached hydrogen (secondary N) is 1. The molecule has 5 nitrogen and oxygen atoms in total. The molecule has 1 aromatic heterocycles. The molecule has 0 radical (unpaired) electrons. The number of amides is 2. The van der Waals surface area contributed by atoms with E-state index in [1.54, 1.807) is 29.4 Å². The molecule has 0 aliphatic carbocycles. The first kappa shape index (κ1) is 15.2. The van der Waals surface area contributed by atoms with Crippen molar-refractivity contribution < 1.29 is 9.59 Å². The molecule has 23 heavy (non-hydrogen) atoms. The van der Waals surface area contributed by atoms with Crippen LogP contribution in [0.5, 0.6) is 0 Å². The minimum absolute atomic E-state index is 0.110. The largest absolute Gasteiger partial charge is 0.352 e. The lowest BCUT2D eigenvalue weighted by Crippen LogP contribution is -2.31. The number of carbonyl (C=O) groups is 2. The van der Waals surface area contributed by atoms with Crippen molar-refractivity contribution in [3.05, 3.63) is 59.4 Å². The van der Waals surface area contributed by atoms with Crippen LogP contribution in [0.2, 0.25) is 0 Å². The Morgan fingerprint density at radius 2 is 2.17 bits per heavy atom. The lowest BCUT2D eigenvalue weighted by molar-refractivity contribution is -0.118. The molecule has 5 heteroatoms. The molecule has 0 unspecified atom stereocenters. The van der Waals surface area contributed by atoms with Crippen molar-refractivity contribution in [2.45, 2.75) is 19.3 Å². The van der Waals surface area contributed by atoms with Crippen molar-refractivity contribution in [2.24, 2.45) is 0 Å². The molecule has 1 aliphatic rings. The van der Waals surface area contributed by atoms with Gasteiger partial charge >= 0.3 is 0 Å². The van der Waals surface area contributed by atoms with E-state index in [-0.39, 0.29) is 11.8 Å². The summed E-state index contributed by atoms with van der Waals surface area (Å²) in [7, 11) is 1.81. The first-order valence-corrected chi connectivity index (χ1v) is 7.72. The molecule has 1 aliphatic heterocycles. The molecule has 1 aromatic carbocycles. The molecule has 118 valence electrons. The lowest BCUT2D eigenvalue weighted by atomic mass is 9.98. The van der Waals surface area contributed by atoms with E-state index in [2.05, 4.69) is 16.4 Å². The number of benzene rings is 1. The average Bonchev–Trinajstić information content (AvgIpc) is 2.59. The van der Waals surface area contributed by atoms with Crippen molar-refractivity contribution >= 4 is 17.5 Å². The second-order valence-electron chi connectivity index (χ2n) is 5.66. The van der Waals surface area contributed by atoms with E-state index in [0.717, 1.165) is 24.1 Å². The predicted octanol–water partition coefficient (Wildman–Crippen LogP) is 1.96. The summed E-state index contributed by atoms with van der Waals surface area (Å²) in [5.74, 6) is 0.0513. The summed E-state index contributed by atoms with van der Waals surface area (Å²) in [4.78, 5) is 29.3. The fourth-order valence-corrected chi connectivity index (χ4v) is 2.78. The molecule has 0 saturated heterocycles. The number of fused-ring (bicyclic) bond motifs is 1. The summed E-state index contributed by atoms with van der Waals surface area (Å²) < 4.78 is 0. The van der Waals surface area contributed by atoms with Gasteiger partial charge in [0.2, 0.25) is 5.91 Å². The quantitative estimate of drug-likeness (QED) is 0.939. The fourth-order valence-electron chi connectivity index (χ4n) is 2.78. The summed E-state index contributed by atoms with van der Waals surface area (Å²) in [5, 5.41) is 2.90. The highest BCUT2D eigenvalue weighted by Crippen LogP contribution is 2.27. The van der Waals surface area contributed by atoms with Gasteiger partial charge in [-0.2, -0.15) is 0 Å². The maximum absolute atomic E-state index is 12.0. The van der Waals surface area contributed by atoms with Gasteiger partial charge in [0.05, 0.1) is 5.56 Å². The number of aromatic nitrogens is 1. The van der Waals surface area contributed by atoms with Gasteiger partial charge in [0, 0.05) is 38.1 Å². The first-order chi connectivity index (χ1) is 11.1. The highest BCUT2D eigenvalue weighted by Gasteiger charge is 2.20. The van der Waals surface area contributed by atoms with Gasteiger partial charge in [0.25, 0.3) is 5.91 Å². The molecule has 2 heterocycles. The van der Waals surface area contributed by atoms with Crippen LogP contribution in [0, 0.1) is 0 Å². The molecule has 2 amide bonds. The molecular formula is C18H19N3O2. The normalized spacial score (nSPS) is 13.6. The zero-order chi connectivity index (χ0) is 16.2. The second kappa shape index (κ2) is 6.60. The van der Waals surface area contributed by atoms with E-state index in [9.17, 15) is 9.59 Å². The van der Waals surface area contributed by atoms with E-state index in [1.165, 1.54) is 5.56 Å². The van der Waals surface area contributed by atoms with Gasteiger partial charge in [-0.25, -0.2) is 0 Å². The van der Waals surface area contributed by atoms with E-state index in [1.807, 2.05) is 19.2 Å². The third-order valence-corrected chi connectivity index (χ3v) is 4.11. The van der Waals surface area contributed by atoms with Crippen LogP contribution in [0.1, 0.15) is 27.9 Å². The zero-order valence-corrected chi connectivity index (χ0v) is 13.1. The average molecular weight is 309 g/mol. The van der Waals surface area contributed by atoms with E-state index >= 15 is 0 Å². The Bertz CT molecular complexity index is 728. The Kier molecular flexibility index (Phi) is 4.37. The molecule has 0 atom stereocenters. The number of pyridine rings is 1. The van der Waals surface area contributed by atoms with Crippen LogP contribution in [-0.2, 0) is 17.6 Å². The number of rotatable bonds is 4. The topological polar surface area (TPSA) is 62.3 Å². The van der Waals surface area contributed by atoms with Gasteiger partial charge in [0.1, 0.15) is 0 Å². The van der Waals surface area contributed by atoms with Crippen molar-refractivity contribution in [3.8, 4) is 0 Å². The van der Waals surface area contributed by atoms with Gasteiger partial charge in [-0.1, -0.05) is 12.1 Å². The summed E-state index contributed by atoms with van der Waals surface area (Å²) >= 11 is 0. The number of aryl methyl sites for hydroxylation is 1. The van der Waals surface area contributed by atoms with Crippen LogP contribution in [0.15, 0.2) is 42.7 Å². The van der Waals surface area contributed by atoms with Crippen LogP contribution in [0.25, 0.3) is 0 Å². The summed E-state index contributed by atoms with van der Waals surface area (Å²) in [6.07, 6.45) is 5.31. The molecule has 2 aromatic rings. The maximum atomic E-state index is 12.0. The number of anilines is 1. The molecular weight excluding hydrogens is 290 g/mol. The Labute approximate surface area is 135 Å². The van der Waals surface area contributed by atoms with Crippen LogP contribution in [0.3, 0.4) is 0 Å². The maximum Gasteiger partial charge on any atom is 0.252 e. The minimum atomic E-state index is -0.110. The monoisotopic (exact) mass is 309 g/mol. The molecule has 1 N–H and O–H groups in total. The van der Waals surface area contributed by atoms with Crippen molar-refractivity contribution in [3.63, 3.8) is 0 Å². The summed E-state index contributed by atoms with van der Waals surface area (Å²) in [6, 6.07) is 9.63. The van der Waals surface area contributed by atoms with E-state index < -0.39 is 0 Å². The Hall–Kier alpha value is -2.69. The van der Waals surface area contributed by atoms with Crippen LogP contribution >= 0.6 is 0 Å². The van der Waals surface area contributed by atoms with Gasteiger partial charge in [-0.3, -0.25) is 14.6 Å². The molecule has 0 bridgehead atoms. The van der Waals surface area contributed by atoms with Crippen LogP contribution in [-0.4, -0.2) is 30.4 Å². The highest BCUT2D eigenvalue weighted by atomic mass is 16.2. The molecule has 0 fully saturated rings. The summed E-state index contributed by atoms with van der Waals surface area (Å²) in [6.45, 7) is 0.571. The highest BCUT2D eigenvalue weighted by molar-refractivity contribution is 5.96. The molecule has 0 spiro atoms. The number of hydrogen-bond donors (Lipinski definition) is 1. The van der Waals surface area contributed by atoms with Gasteiger partial charge < -0.3 is 10.2 Å².